The Morgan fingerprint density at radius 3 is 1.24 bits per heavy atom. The third kappa shape index (κ3) is 55.5. The molecule has 0 fully saturated rings. The van der Waals surface area contributed by atoms with Gasteiger partial charge in [-0.15, -0.1) is 0 Å². The van der Waals surface area contributed by atoms with Crippen molar-refractivity contribution in [1.29, 1.82) is 0 Å². The summed E-state index contributed by atoms with van der Waals surface area (Å²) >= 11 is 1.71. The van der Waals surface area contributed by atoms with E-state index in [2.05, 4.69) is 32.9 Å². The lowest BCUT2D eigenvalue weighted by molar-refractivity contribution is -0.111. The molecule has 0 aromatic rings. The van der Waals surface area contributed by atoms with Crippen LogP contribution in [-0.4, -0.2) is 36.9 Å². The summed E-state index contributed by atoms with van der Waals surface area (Å²) in [5.74, 6) is 1.32. The van der Waals surface area contributed by atoms with Crippen molar-refractivity contribution < 1.29 is 14.4 Å². The fourth-order valence-corrected chi connectivity index (χ4v) is 5.43. The summed E-state index contributed by atoms with van der Waals surface area (Å²) in [5, 5.41) is 0. The number of aldehydes is 3. The summed E-state index contributed by atoms with van der Waals surface area (Å²) < 4.78 is 0. The number of hydrogen-bond acceptors (Lipinski definition) is 5. The second kappa shape index (κ2) is 53.5. The van der Waals surface area contributed by atoms with Crippen molar-refractivity contribution in [3.8, 4) is 0 Å². The minimum Gasteiger partial charge on any atom is -0.322 e. The van der Waals surface area contributed by atoms with Gasteiger partial charge in [0.15, 0.2) is 0 Å². The lowest BCUT2D eigenvalue weighted by Crippen LogP contribution is -2.21. The Bertz CT molecular complexity index is 570. The fourth-order valence-electron chi connectivity index (χ4n) is 4.92. The lowest BCUT2D eigenvalue weighted by atomic mass is 9.95. The fraction of sp³-hybridized carbons (Fsp3) is 0.878. The van der Waals surface area contributed by atoms with Crippen molar-refractivity contribution in [1.82, 2.24) is 0 Å². The summed E-state index contributed by atoms with van der Waals surface area (Å²) in [6, 6.07) is -0.248. The van der Waals surface area contributed by atoms with E-state index in [1.807, 2.05) is 20.1 Å². The SMILES string of the molecule is CC.CCCCCCCC/C=C\CCCCCCCC=O.CCCCCCCCC(C=O)CCCCCC.CSCCC(N)C=O. The standard InChI is InChI=1S/C18H34O.C16H32O.C5H11NOS.C2H6/c1-2-3-4-5-6-7-8-9-10-11-12-13-14-15-16-17-18-19;1-3-5-7-9-10-12-14-16(15-17)13-11-8-6-4-2;1-8-3-2-5(6)4-7;1-2/h9-10,18H,2-8,11-17H2,1H3;15-16H,3-14H2,1-2H3;4-5H,2-3,6H2,1H3;1-2H3/b10-9-;;;. The minimum atomic E-state index is -0.248. The van der Waals surface area contributed by atoms with Gasteiger partial charge in [-0.2, -0.15) is 11.8 Å². The van der Waals surface area contributed by atoms with E-state index in [-0.39, 0.29) is 6.04 Å². The first-order chi connectivity index (χ1) is 22.6. The maximum atomic E-state index is 10.9. The molecule has 0 aromatic heterocycles. The lowest BCUT2D eigenvalue weighted by Gasteiger charge is -2.09. The average molecular weight is 670 g/mol. The van der Waals surface area contributed by atoms with Crippen molar-refractivity contribution in [3.05, 3.63) is 12.2 Å². The Hall–Kier alpha value is -0.940. The van der Waals surface area contributed by atoms with Crippen molar-refractivity contribution in [2.24, 2.45) is 11.7 Å². The average Bonchev–Trinajstić information content (AvgIpc) is 3.09. The zero-order chi connectivity index (χ0) is 35.2. The van der Waals surface area contributed by atoms with Crippen molar-refractivity contribution in [2.75, 3.05) is 12.0 Å². The first-order valence-corrected chi connectivity index (χ1v) is 21.2. The van der Waals surface area contributed by atoms with Gasteiger partial charge in [0.1, 0.15) is 18.9 Å². The van der Waals surface area contributed by atoms with Crippen LogP contribution in [0.1, 0.15) is 208 Å². The highest BCUT2D eigenvalue weighted by atomic mass is 32.2. The molecule has 0 rings (SSSR count). The van der Waals surface area contributed by atoms with Gasteiger partial charge in [-0.3, -0.25) is 0 Å². The molecule has 0 heterocycles. The van der Waals surface area contributed by atoms with Gasteiger partial charge in [0.05, 0.1) is 6.04 Å². The third-order valence-electron chi connectivity index (χ3n) is 7.96. The van der Waals surface area contributed by atoms with Crippen molar-refractivity contribution >= 4 is 30.6 Å². The quantitative estimate of drug-likeness (QED) is 0.0438. The van der Waals surface area contributed by atoms with E-state index in [0.29, 0.717) is 5.92 Å². The molecular weight excluding hydrogens is 587 g/mol. The second-order valence-electron chi connectivity index (χ2n) is 12.4. The molecule has 46 heavy (non-hydrogen) atoms. The number of thioether (sulfide) groups is 1. The number of carbonyl (C=O) groups is 3. The van der Waals surface area contributed by atoms with Gasteiger partial charge in [0.25, 0.3) is 0 Å². The number of hydrogen-bond donors (Lipinski definition) is 1. The van der Waals surface area contributed by atoms with E-state index in [1.165, 1.54) is 148 Å². The first-order valence-electron chi connectivity index (χ1n) is 19.8. The molecule has 2 N–H and O–H groups in total. The molecule has 0 amide bonds. The van der Waals surface area contributed by atoms with E-state index >= 15 is 0 Å². The van der Waals surface area contributed by atoms with Gasteiger partial charge in [-0.25, -0.2) is 0 Å². The smallest absolute Gasteiger partial charge is 0.136 e. The van der Waals surface area contributed by atoms with Crippen LogP contribution >= 0.6 is 11.8 Å². The molecular formula is C41H83NO3S. The molecule has 0 bridgehead atoms. The molecule has 0 spiro atoms. The first kappa shape index (κ1) is 51.9. The second-order valence-corrected chi connectivity index (χ2v) is 13.4. The van der Waals surface area contributed by atoms with Gasteiger partial charge >= 0.3 is 0 Å². The molecule has 4 nitrogen and oxygen atoms in total. The molecule has 0 aromatic carbocycles. The number of allylic oxidation sites excluding steroid dienone is 2. The van der Waals surface area contributed by atoms with E-state index in [4.69, 9.17) is 5.73 Å². The van der Waals surface area contributed by atoms with Crippen LogP contribution < -0.4 is 5.73 Å². The largest absolute Gasteiger partial charge is 0.322 e. The number of unbranched alkanes of at least 4 members (excludes halogenated alkanes) is 20. The molecule has 2 atom stereocenters. The van der Waals surface area contributed by atoms with E-state index in [0.717, 1.165) is 50.4 Å². The van der Waals surface area contributed by atoms with Gasteiger partial charge in [0.2, 0.25) is 0 Å². The van der Waals surface area contributed by atoms with Crippen LogP contribution in [0.3, 0.4) is 0 Å². The zero-order valence-electron chi connectivity index (χ0n) is 32.1. The highest BCUT2D eigenvalue weighted by molar-refractivity contribution is 7.98. The highest BCUT2D eigenvalue weighted by Gasteiger charge is 2.06. The third-order valence-corrected chi connectivity index (χ3v) is 8.61. The molecule has 0 saturated carbocycles. The highest BCUT2D eigenvalue weighted by Crippen LogP contribution is 2.17. The Balaban J connectivity index is -0.000000299. The van der Waals surface area contributed by atoms with Gasteiger partial charge in [-0.1, -0.05) is 162 Å². The van der Waals surface area contributed by atoms with Crippen molar-refractivity contribution in [3.63, 3.8) is 0 Å². The Morgan fingerprint density at radius 1 is 0.500 bits per heavy atom. The number of carbonyl (C=O) groups excluding carboxylic acids is 3. The summed E-state index contributed by atoms with van der Waals surface area (Å²) in [4.78, 5) is 30.9. The van der Waals surface area contributed by atoms with Crippen LogP contribution in [0.4, 0.5) is 0 Å². The molecule has 276 valence electrons. The Labute approximate surface area is 294 Å². The summed E-state index contributed by atoms with van der Waals surface area (Å²) in [6.07, 6.45) is 43.8. The molecule has 5 heteroatoms. The molecule has 0 saturated heterocycles. The predicted molar refractivity (Wildman–Crippen MR) is 210 cm³/mol. The summed E-state index contributed by atoms with van der Waals surface area (Å²) in [6.45, 7) is 10.7. The van der Waals surface area contributed by atoms with Crippen LogP contribution in [0.5, 0.6) is 0 Å². The van der Waals surface area contributed by atoms with Gasteiger partial charge in [-0.05, 0) is 63.4 Å². The maximum Gasteiger partial charge on any atom is 0.136 e. The minimum absolute atomic E-state index is 0.248. The molecule has 2 unspecified atom stereocenters. The Morgan fingerprint density at radius 2 is 0.870 bits per heavy atom. The van der Waals surface area contributed by atoms with E-state index in [9.17, 15) is 14.4 Å². The van der Waals surface area contributed by atoms with Crippen LogP contribution in [0.25, 0.3) is 0 Å². The molecule has 0 aliphatic carbocycles. The monoisotopic (exact) mass is 670 g/mol. The summed E-state index contributed by atoms with van der Waals surface area (Å²) in [7, 11) is 0. The predicted octanol–water partition coefficient (Wildman–Crippen LogP) is 13.0. The maximum absolute atomic E-state index is 10.9. The molecule has 0 aliphatic rings. The summed E-state index contributed by atoms with van der Waals surface area (Å²) in [5.41, 5.74) is 5.28. The number of rotatable bonds is 32. The van der Waals surface area contributed by atoms with Crippen molar-refractivity contribution in [2.45, 2.75) is 214 Å². The van der Waals surface area contributed by atoms with E-state index in [1.54, 1.807) is 11.8 Å². The van der Waals surface area contributed by atoms with Crippen LogP contribution in [0.15, 0.2) is 12.2 Å². The van der Waals surface area contributed by atoms with Gasteiger partial charge < -0.3 is 20.1 Å². The van der Waals surface area contributed by atoms with Gasteiger partial charge in [0, 0.05) is 12.3 Å². The zero-order valence-corrected chi connectivity index (χ0v) is 32.9. The Kier molecular flexibility index (Phi) is 60.4. The topological polar surface area (TPSA) is 77.2 Å². The molecule has 0 radical (unpaired) electrons. The van der Waals surface area contributed by atoms with Crippen LogP contribution in [-0.2, 0) is 14.4 Å². The normalized spacial score (nSPS) is 11.7. The number of nitrogens with two attached hydrogens (primary N) is 1. The van der Waals surface area contributed by atoms with Crippen LogP contribution in [0.2, 0.25) is 0 Å². The van der Waals surface area contributed by atoms with Crippen LogP contribution in [0, 0.1) is 5.92 Å². The molecule has 0 aliphatic heterocycles. The van der Waals surface area contributed by atoms with E-state index < -0.39 is 0 Å².